The average Bonchev–Trinajstić information content (AvgIpc) is 2.61. The van der Waals surface area contributed by atoms with Gasteiger partial charge in [-0.15, -0.1) is 0 Å². The fourth-order valence-corrected chi connectivity index (χ4v) is 3.53. The highest BCUT2D eigenvalue weighted by atomic mass is 32.2. The molecule has 2 aromatic carbocycles. The summed E-state index contributed by atoms with van der Waals surface area (Å²) in [5, 5.41) is 7.80. The number of rotatable bonds is 4. The zero-order chi connectivity index (χ0) is 16.4. The molecular weight excluding hydrogens is 316 g/mol. The molecule has 1 aromatic heterocycles. The number of aromatic nitrogens is 2. The molecule has 1 aliphatic rings. The third-order valence-corrected chi connectivity index (χ3v) is 5.02. The quantitative estimate of drug-likeness (QED) is 0.583. The molecular formula is C19H18N4S. The van der Waals surface area contributed by atoms with Crippen LogP contribution >= 0.6 is 11.8 Å². The first-order valence-electron chi connectivity index (χ1n) is 7.93. The molecule has 1 aliphatic heterocycles. The van der Waals surface area contributed by atoms with E-state index in [1.807, 2.05) is 0 Å². The molecule has 120 valence electrons. The van der Waals surface area contributed by atoms with Crippen LogP contribution in [0.25, 0.3) is 0 Å². The first kappa shape index (κ1) is 15.2. The van der Waals surface area contributed by atoms with Crippen LogP contribution < -0.4 is 10.6 Å². The first-order chi connectivity index (χ1) is 11.8. The number of aryl methyl sites for hydroxylation is 1. The van der Waals surface area contributed by atoms with Crippen molar-refractivity contribution in [3.63, 3.8) is 0 Å². The topological polar surface area (TPSA) is 49.8 Å². The van der Waals surface area contributed by atoms with Crippen molar-refractivity contribution >= 4 is 23.3 Å². The Labute approximate surface area is 145 Å². The third-order valence-electron chi connectivity index (χ3n) is 3.95. The van der Waals surface area contributed by atoms with Crippen molar-refractivity contribution in [1.82, 2.24) is 15.3 Å². The van der Waals surface area contributed by atoms with Crippen LogP contribution in [0.4, 0.5) is 11.5 Å². The first-order valence-corrected chi connectivity index (χ1v) is 8.75. The Kier molecular flexibility index (Phi) is 4.19. The molecule has 0 atom stereocenters. The van der Waals surface area contributed by atoms with Crippen LogP contribution in [-0.4, -0.2) is 9.97 Å². The van der Waals surface area contributed by atoms with Crippen LogP contribution in [0.5, 0.6) is 0 Å². The molecule has 0 unspecified atom stereocenters. The van der Waals surface area contributed by atoms with Crippen molar-refractivity contribution in [1.29, 1.82) is 0 Å². The van der Waals surface area contributed by atoms with Gasteiger partial charge in [0.25, 0.3) is 0 Å². The fourth-order valence-electron chi connectivity index (χ4n) is 2.65. The van der Waals surface area contributed by atoms with Gasteiger partial charge in [-0.2, -0.15) is 0 Å². The van der Waals surface area contributed by atoms with Gasteiger partial charge in [-0.3, -0.25) is 0 Å². The van der Waals surface area contributed by atoms with Crippen molar-refractivity contribution in [2.45, 2.75) is 29.9 Å². The maximum Gasteiger partial charge on any atom is 0.163 e. The number of nitrogens with one attached hydrogen (secondary N) is 2. The van der Waals surface area contributed by atoms with Crippen LogP contribution in [0, 0.1) is 6.92 Å². The lowest BCUT2D eigenvalue weighted by atomic mass is 10.1. The summed E-state index contributed by atoms with van der Waals surface area (Å²) >= 11 is 1.66. The van der Waals surface area contributed by atoms with Gasteiger partial charge in [-0.1, -0.05) is 47.7 Å². The summed E-state index contributed by atoms with van der Waals surface area (Å²) in [4.78, 5) is 9.89. The van der Waals surface area contributed by atoms with Crippen molar-refractivity contribution in [3.8, 4) is 0 Å². The molecule has 0 saturated carbocycles. The lowest BCUT2D eigenvalue weighted by Gasteiger charge is -2.19. The van der Waals surface area contributed by atoms with E-state index in [0.717, 1.165) is 29.6 Å². The van der Waals surface area contributed by atoms with E-state index in [0.29, 0.717) is 0 Å². The number of nitrogens with zero attached hydrogens (tertiary/aromatic N) is 2. The van der Waals surface area contributed by atoms with E-state index in [9.17, 15) is 0 Å². The SMILES string of the molecule is Cc1ccc(CNCc2ccc3c(c2)Nc2nccnc2S3)cc1. The van der Waals surface area contributed by atoms with Gasteiger partial charge in [0.05, 0.1) is 5.69 Å². The fraction of sp³-hybridized carbons (Fsp3) is 0.158. The van der Waals surface area contributed by atoms with Gasteiger partial charge >= 0.3 is 0 Å². The van der Waals surface area contributed by atoms with E-state index in [2.05, 4.69) is 70.0 Å². The Hall–Kier alpha value is -2.37. The van der Waals surface area contributed by atoms with Gasteiger partial charge in [0, 0.05) is 30.4 Å². The van der Waals surface area contributed by atoms with Crippen LogP contribution in [0.1, 0.15) is 16.7 Å². The second kappa shape index (κ2) is 6.63. The van der Waals surface area contributed by atoms with E-state index in [-0.39, 0.29) is 0 Å². The maximum atomic E-state index is 4.36. The van der Waals surface area contributed by atoms with Gasteiger partial charge in [0.2, 0.25) is 0 Å². The van der Waals surface area contributed by atoms with Gasteiger partial charge in [0.1, 0.15) is 5.03 Å². The van der Waals surface area contributed by atoms with E-state index in [1.54, 1.807) is 24.2 Å². The Balaban J connectivity index is 1.42. The minimum absolute atomic E-state index is 0.833. The molecule has 3 aromatic rings. The number of benzene rings is 2. The van der Waals surface area contributed by atoms with Crippen LogP contribution in [0.2, 0.25) is 0 Å². The summed E-state index contributed by atoms with van der Waals surface area (Å²) in [6, 6.07) is 15.1. The van der Waals surface area contributed by atoms with Gasteiger partial charge in [0.15, 0.2) is 5.82 Å². The Bertz CT molecular complexity index is 861. The second-order valence-corrected chi connectivity index (χ2v) is 6.89. The van der Waals surface area contributed by atoms with Crippen molar-refractivity contribution in [3.05, 3.63) is 71.5 Å². The van der Waals surface area contributed by atoms with Gasteiger partial charge < -0.3 is 10.6 Å². The molecule has 24 heavy (non-hydrogen) atoms. The Morgan fingerprint density at radius 1 is 0.958 bits per heavy atom. The zero-order valence-corrected chi connectivity index (χ0v) is 14.2. The molecule has 0 spiro atoms. The molecule has 0 bridgehead atoms. The molecule has 0 saturated heterocycles. The molecule has 0 radical (unpaired) electrons. The normalized spacial score (nSPS) is 12.2. The predicted octanol–water partition coefficient (Wildman–Crippen LogP) is 4.28. The minimum atomic E-state index is 0.833. The number of anilines is 2. The van der Waals surface area contributed by atoms with Crippen LogP contribution in [0.15, 0.2) is 64.8 Å². The standard InChI is InChI=1S/C19H18N4S/c1-13-2-4-14(5-3-13)11-20-12-15-6-7-17-16(10-15)23-18-19(24-17)22-9-8-21-18/h2-10,20H,11-12H2,1H3,(H,21,23). The molecule has 0 amide bonds. The molecule has 4 nitrogen and oxygen atoms in total. The molecule has 5 heteroatoms. The van der Waals surface area contributed by atoms with Gasteiger partial charge in [-0.25, -0.2) is 9.97 Å². The lowest BCUT2D eigenvalue weighted by Crippen LogP contribution is -2.13. The smallest absolute Gasteiger partial charge is 0.163 e. The minimum Gasteiger partial charge on any atom is -0.337 e. The van der Waals surface area contributed by atoms with Crippen molar-refractivity contribution in [2.75, 3.05) is 5.32 Å². The molecule has 0 fully saturated rings. The van der Waals surface area contributed by atoms with Gasteiger partial charge in [-0.05, 0) is 30.2 Å². The van der Waals surface area contributed by atoms with E-state index in [1.165, 1.54) is 21.6 Å². The summed E-state index contributed by atoms with van der Waals surface area (Å²) < 4.78 is 0. The Morgan fingerprint density at radius 3 is 2.58 bits per heavy atom. The lowest BCUT2D eigenvalue weighted by molar-refractivity contribution is 0.693. The molecule has 0 aliphatic carbocycles. The summed E-state index contributed by atoms with van der Waals surface area (Å²) in [6.45, 7) is 3.81. The zero-order valence-electron chi connectivity index (χ0n) is 13.4. The summed E-state index contributed by atoms with van der Waals surface area (Å²) in [5.41, 5.74) is 4.95. The predicted molar refractivity (Wildman–Crippen MR) is 97.6 cm³/mol. The highest BCUT2D eigenvalue weighted by Gasteiger charge is 2.17. The number of fused-ring (bicyclic) bond motifs is 2. The van der Waals surface area contributed by atoms with Crippen LogP contribution in [-0.2, 0) is 13.1 Å². The highest BCUT2D eigenvalue weighted by molar-refractivity contribution is 7.99. The molecule has 2 heterocycles. The van der Waals surface area contributed by atoms with E-state index in [4.69, 9.17) is 0 Å². The Morgan fingerprint density at radius 2 is 1.71 bits per heavy atom. The van der Waals surface area contributed by atoms with E-state index >= 15 is 0 Å². The van der Waals surface area contributed by atoms with E-state index < -0.39 is 0 Å². The van der Waals surface area contributed by atoms with Crippen molar-refractivity contribution in [2.24, 2.45) is 0 Å². The third kappa shape index (κ3) is 3.27. The number of hydrogen-bond acceptors (Lipinski definition) is 5. The second-order valence-electron chi connectivity index (χ2n) is 5.86. The highest BCUT2D eigenvalue weighted by Crippen LogP contribution is 2.41. The monoisotopic (exact) mass is 334 g/mol. The summed E-state index contributed by atoms with van der Waals surface area (Å²) in [6.07, 6.45) is 3.44. The van der Waals surface area contributed by atoms with Crippen molar-refractivity contribution < 1.29 is 0 Å². The summed E-state index contributed by atoms with van der Waals surface area (Å²) in [5.74, 6) is 0.833. The average molecular weight is 334 g/mol. The summed E-state index contributed by atoms with van der Waals surface area (Å²) in [7, 11) is 0. The molecule has 4 rings (SSSR count). The largest absolute Gasteiger partial charge is 0.337 e. The number of hydrogen-bond donors (Lipinski definition) is 2. The maximum absolute atomic E-state index is 4.36. The van der Waals surface area contributed by atoms with Crippen LogP contribution in [0.3, 0.4) is 0 Å². The molecule has 2 N–H and O–H groups in total.